The van der Waals surface area contributed by atoms with E-state index in [4.69, 9.17) is 4.74 Å². The van der Waals surface area contributed by atoms with Crippen LogP contribution in [0.3, 0.4) is 0 Å². The van der Waals surface area contributed by atoms with Gasteiger partial charge >= 0.3 is 6.16 Å². The summed E-state index contributed by atoms with van der Waals surface area (Å²) < 4.78 is 23.7. The van der Waals surface area contributed by atoms with Crippen molar-refractivity contribution in [3.05, 3.63) is 47.9 Å². The third kappa shape index (κ3) is 3.87. The Labute approximate surface area is 129 Å². The lowest BCUT2D eigenvalue weighted by Crippen LogP contribution is -2.11. The van der Waals surface area contributed by atoms with Crippen LogP contribution in [0.5, 0.6) is 0 Å². The molecule has 0 aliphatic heterocycles. The summed E-state index contributed by atoms with van der Waals surface area (Å²) in [5.74, 6) is -0.296. The number of H-pyrrole nitrogens is 1. The highest BCUT2D eigenvalue weighted by Gasteiger charge is 2.19. The highest BCUT2D eigenvalue weighted by Crippen LogP contribution is 2.29. The van der Waals surface area contributed by atoms with Gasteiger partial charge in [-0.1, -0.05) is 25.5 Å². The van der Waals surface area contributed by atoms with E-state index in [0.29, 0.717) is 17.7 Å². The zero-order chi connectivity index (χ0) is 15.9. The number of aromatic amines is 1. The maximum atomic E-state index is 13.8. The second-order valence-corrected chi connectivity index (χ2v) is 5.03. The number of carbonyl (C=O) groups is 1. The van der Waals surface area contributed by atoms with Crippen LogP contribution in [0.1, 0.15) is 37.9 Å². The first kappa shape index (κ1) is 16.1. The number of unbranched alkanes of at least 4 members (excludes halogenated alkanes) is 1. The summed E-state index contributed by atoms with van der Waals surface area (Å²) in [6.07, 6.45) is 3.23. The van der Waals surface area contributed by atoms with Crippen LogP contribution in [0, 0.1) is 5.82 Å². The van der Waals surface area contributed by atoms with Gasteiger partial charge in [-0.25, -0.2) is 9.18 Å². The Morgan fingerprint density at radius 3 is 2.82 bits per heavy atom. The minimum Gasteiger partial charge on any atom is -0.438 e. The Kier molecular flexibility index (Phi) is 5.58. The molecule has 1 unspecified atom stereocenters. The van der Waals surface area contributed by atoms with Crippen LogP contribution in [0.2, 0.25) is 0 Å². The second kappa shape index (κ2) is 7.64. The molecule has 2 aromatic rings. The van der Waals surface area contributed by atoms with Gasteiger partial charge in [0.05, 0.1) is 7.11 Å². The summed E-state index contributed by atoms with van der Waals surface area (Å²) in [7, 11) is 1.28. The highest BCUT2D eigenvalue weighted by atomic mass is 19.1. The van der Waals surface area contributed by atoms with Crippen LogP contribution in [0.15, 0.2) is 36.5 Å². The van der Waals surface area contributed by atoms with Gasteiger partial charge in [0.15, 0.2) is 0 Å². The number of nitrogens with one attached hydrogen (secondary N) is 1. The Morgan fingerprint density at radius 1 is 1.36 bits per heavy atom. The van der Waals surface area contributed by atoms with Crippen molar-refractivity contribution in [2.45, 2.75) is 32.3 Å². The maximum Gasteiger partial charge on any atom is 0.508 e. The molecule has 2 rings (SSSR count). The molecular formula is C17H20FNO3. The van der Waals surface area contributed by atoms with Crippen molar-refractivity contribution >= 4 is 6.16 Å². The van der Waals surface area contributed by atoms with E-state index >= 15 is 0 Å². The van der Waals surface area contributed by atoms with Crippen LogP contribution in [-0.2, 0) is 9.47 Å². The normalized spacial score (nSPS) is 12.0. The predicted molar refractivity (Wildman–Crippen MR) is 81.9 cm³/mol. The first-order valence-electron chi connectivity index (χ1n) is 7.33. The van der Waals surface area contributed by atoms with E-state index in [9.17, 15) is 9.18 Å². The first-order chi connectivity index (χ1) is 10.7. The number of hydrogen-bond acceptors (Lipinski definition) is 3. The van der Waals surface area contributed by atoms with E-state index in [1.807, 2.05) is 6.07 Å². The number of benzene rings is 1. The van der Waals surface area contributed by atoms with Crippen LogP contribution in [0.4, 0.5) is 9.18 Å². The lowest BCUT2D eigenvalue weighted by Gasteiger charge is -2.15. The molecule has 1 atom stereocenters. The van der Waals surface area contributed by atoms with Crippen LogP contribution < -0.4 is 0 Å². The molecule has 0 amide bonds. The van der Waals surface area contributed by atoms with Gasteiger partial charge in [0.25, 0.3) is 0 Å². The van der Waals surface area contributed by atoms with Crippen molar-refractivity contribution in [2.75, 3.05) is 7.11 Å². The average Bonchev–Trinajstić information content (AvgIpc) is 3.01. The van der Waals surface area contributed by atoms with Gasteiger partial charge in [-0.3, -0.25) is 0 Å². The van der Waals surface area contributed by atoms with E-state index in [-0.39, 0.29) is 5.82 Å². The molecule has 118 valence electrons. The molecule has 22 heavy (non-hydrogen) atoms. The lowest BCUT2D eigenvalue weighted by molar-refractivity contribution is 0.0323. The van der Waals surface area contributed by atoms with Crippen molar-refractivity contribution in [3.8, 4) is 11.3 Å². The molecule has 0 bridgehead atoms. The quantitative estimate of drug-likeness (QED) is 0.777. The monoisotopic (exact) mass is 305 g/mol. The van der Waals surface area contributed by atoms with Gasteiger partial charge in [0.2, 0.25) is 0 Å². The molecule has 0 saturated carbocycles. The summed E-state index contributed by atoms with van der Waals surface area (Å²) in [4.78, 5) is 14.4. The van der Waals surface area contributed by atoms with Gasteiger partial charge < -0.3 is 14.5 Å². The number of hydrogen-bond donors (Lipinski definition) is 1. The number of aromatic nitrogens is 1. The van der Waals surface area contributed by atoms with Gasteiger partial charge in [-0.15, -0.1) is 0 Å². The molecule has 4 nitrogen and oxygen atoms in total. The van der Waals surface area contributed by atoms with Crippen molar-refractivity contribution in [1.82, 2.24) is 4.98 Å². The summed E-state index contributed by atoms with van der Waals surface area (Å²) in [5.41, 5.74) is 1.95. The number of carbonyl (C=O) groups excluding carboxylic acids is 1. The molecule has 1 aromatic heterocycles. The van der Waals surface area contributed by atoms with Gasteiger partial charge in [0, 0.05) is 23.0 Å². The minimum absolute atomic E-state index is 0.296. The molecule has 0 aliphatic rings. The Bertz CT molecular complexity index is 624. The third-order valence-corrected chi connectivity index (χ3v) is 3.47. The molecule has 0 spiro atoms. The maximum absolute atomic E-state index is 13.8. The van der Waals surface area contributed by atoms with E-state index in [2.05, 4.69) is 16.6 Å². The highest BCUT2D eigenvalue weighted by molar-refractivity contribution is 5.62. The molecule has 1 heterocycles. The predicted octanol–water partition coefficient (Wildman–Crippen LogP) is 4.84. The van der Waals surface area contributed by atoms with Crippen LogP contribution in [0.25, 0.3) is 11.3 Å². The van der Waals surface area contributed by atoms with E-state index in [1.54, 1.807) is 24.4 Å². The zero-order valence-corrected chi connectivity index (χ0v) is 12.8. The van der Waals surface area contributed by atoms with Crippen molar-refractivity contribution in [1.29, 1.82) is 0 Å². The molecule has 0 aliphatic carbocycles. The molecule has 1 N–H and O–H groups in total. The Balaban J connectivity index is 2.22. The summed E-state index contributed by atoms with van der Waals surface area (Å²) in [6.45, 7) is 2.07. The SMILES string of the molecule is CCCCC(OC(=O)OC)c1c[nH]c(-c2ccccc2F)c1. The molecule has 0 fully saturated rings. The zero-order valence-electron chi connectivity index (χ0n) is 12.8. The van der Waals surface area contributed by atoms with E-state index < -0.39 is 12.3 Å². The summed E-state index contributed by atoms with van der Waals surface area (Å²) >= 11 is 0. The van der Waals surface area contributed by atoms with Gasteiger partial charge in [0.1, 0.15) is 11.9 Å². The topological polar surface area (TPSA) is 51.3 Å². The second-order valence-electron chi connectivity index (χ2n) is 5.03. The molecule has 5 heteroatoms. The fraction of sp³-hybridized carbons (Fsp3) is 0.353. The fourth-order valence-electron chi connectivity index (χ4n) is 2.28. The third-order valence-electron chi connectivity index (χ3n) is 3.47. The van der Waals surface area contributed by atoms with Gasteiger partial charge in [-0.2, -0.15) is 0 Å². The van der Waals surface area contributed by atoms with Crippen molar-refractivity contribution < 1.29 is 18.7 Å². The molecule has 0 saturated heterocycles. The largest absolute Gasteiger partial charge is 0.508 e. The summed E-state index contributed by atoms with van der Waals surface area (Å²) in [6, 6.07) is 8.34. The average molecular weight is 305 g/mol. The van der Waals surface area contributed by atoms with Crippen molar-refractivity contribution in [3.63, 3.8) is 0 Å². The lowest BCUT2D eigenvalue weighted by atomic mass is 10.1. The Hall–Kier alpha value is -2.30. The molecule has 1 aromatic carbocycles. The first-order valence-corrected chi connectivity index (χ1v) is 7.33. The number of methoxy groups -OCH3 is 1. The van der Waals surface area contributed by atoms with E-state index in [0.717, 1.165) is 18.4 Å². The Morgan fingerprint density at radius 2 is 2.14 bits per heavy atom. The van der Waals surface area contributed by atoms with Crippen LogP contribution >= 0.6 is 0 Å². The molecule has 0 radical (unpaired) electrons. The summed E-state index contributed by atoms with van der Waals surface area (Å²) in [5, 5.41) is 0. The minimum atomic E-state index is -0.713. The van der Waals surface area contributed by atoms with Gasteiger partial charge in [-0.05, 0) is 31.0 Å². The molecular weight excluding hydrogens is 285 g/mol. The van der Waals surface area contributed by atoms with Crippen molar-refractivity contribution in [2.24, 2.45) is 0 Å². The number of halogens is 1. The number of rotatable bonds is 6. The smallest absolute Gasteiger partial charge is 0.438 e. The van der Waals surface area contributed by atoms with Crippen LogP contribution in [-0.4, -0.2) is 18.2 Å². The number of ether oxygens (including phenoxy) is 2. The van der Waals surface area contributed by atoms with E-state index in [1.165, 1.54) is 13.2 Å². The standard InChI is InChI=1S/C17H20FNO3/c1-3-4-9-16(22-17(20)21-2)12-10-15(19-11-12)13-7-5-6-8-14(13)18/h5-8,10-11,16,19H,3-4,9H2,1-2H3. The fourth-order valence-corrected chi connectivity index (χ4v) is 2.28.